The van der Waals surface area contributed by atoms with Crippen molar-refractivity contribution in [1.82, 2.24) is 25.2 Å². The molecular formula is C16H13F6N5OS2. The highest BCUT2D eigenvalue weighted by atomic mass is 32.2. The Balaban J connectivity index is 1.87. The van der Waals surface area contributed by atoms with Crippen LogP contribution in [0.4, 0.5) is 26.3 Å². The number of halogens is 6. The summed E-state index contributed by atoms with van der Waals surface area (Å²) < 4.78 is 85.2. The van der Waals surface area contributed by atoms with Gasteiger partial charge in [0, 0.05) is 31.2 Å². The van der Waals surface area contributed by atoms with Gasteiger partial charge in [-0.1, -0.05) is 0 Å². The predicted molar refractivity (Wildman–Crippen MR) is 96.0 cm³/mol. The zero-order valence-electron chi connectivity index (χ0n) is 15.2. The first kappa shape index (κ1) is 22.5. The number of tetrazole rings is 1. The Hall–Kier alpha value is -2.19. The van der Waals surface area contributed by atoms with E-state index < -0.39 is 23.5 Å². The third-order valence-corrected chi connectivity index (χ3v) is 5.68. The van der Waals surface area contributed by atoms with Crippen LogP contribution in [0.25, 0.3) is 11.3 Å². The average Bonchev–Trinajstić information content (AvgIpc) is 3.30. The number of alkyl halides is 6. The fraction of sp³-hybridized carbons (Fsp3) is 0.375. The number of hydrogen-bond donors (Lipinski definition) is 0. The van der Waals surface area contributed by atoms with Gasteiger partial charge in [0.2, 0.25) is 5.16 Å². The molecule has 6 nitrogen and oxygen atoms in total. The Morgan fingerprint density at radius 1 is 1.07 bits per heavy atom. The molecule has 0 spiro atoms. The van der Waals surface area contributed by atoms with Gasteiger partial charge in [-0.05, 0) is 46.8 Å². The van der Waals surface area contributed by atoms with Gasteiger partial charge in [0.05, 0.1) is 16.8 Å². The lowest BCUT2D eigenvalue weighted by Crippen LogP contribution is -2.11. The van der Waals surface area contributed by atoms with Crippen molar-refractivity contribution in [3.05, 3.63) is 34.7 Å². The molecule has 0 N–H and O–H groups in total. The third-order valence-electron chi connectivity index (χ3n) is 3.76. The quantitative estimate of drug-likeness (QED) is 0.358. The molecule has 3 rings (SSSR count). The van der Waals surface area contributed by atoms with Crippen molar-refractivity contribution < 1.29 is 31.1 Å². The van der Waals surface area contributed by atoms with E-state index in [9.17, 15) is 26.3 Å². The maximum Gasteiger partial charge on any atom is 0.416 e. The van der Waals surface area contributed by atoms with Gasteiger partial charge in [0.1, 0.15) is 0 Å². The molecule has 14 heteroatoms. The normalized spacial score (nSPS) is 12.5. The lowest BCUT2D eigenvalue weighted by atomic mass is 10.0. The van der Waals surface area contributed by atoms with Crippen LogP contribution in [0.2, 0.25) is 0 Å². The monoisotopic (exact) mass is 469 g/mol. The Kier molecular flexibility index (Phi) is 6.67. The molecule has 3 aromatic rings. The summed E-state index contributed by atoms with van der Waals surface area (Å²) in [4.78, 5) is 4.15. The summed E-state index contributed by atoms with van der Waals surface area (Å²) in [6.45, 7) is 0.979. The summed E-state index contributed by atoms with van der Waals surface area (Å²) in [5.74, 6) is 0. The highest BCUT2D eigenvalue weighted by Crippen LogP contribution is 2.39. The van der Waals surface area contributed by atoms with E-state index in [0.29, 0.717) is 41.2 Å². The topological polar surface area (TPSA) is 65.7 Å². The second kappa shape index (κ2) is 8.89. The number of ether oxygens (including phenoxy) is 1. The maximum absolute atomic E-state index is 13.1. The summed E-state index contributed by atoms with van der Waals surface area (Å²) in [5, 5.41) is 13.0. The molecule has 1 aromatic carbocycles. The number of aryl methyl sites for hydroxylation is 1. The number of thiazole rings is 1. The van der Waals surface area contributed by atoms with Crippen molar-refractivity contribution in [1.29, 1.82) is 0 Å². The molecule has 0 bridgehead atoms. The highest BCUT2D eigenvalue weighted by molar-refractivity contribution is 8.00. The summed E-state index contributed by atoms with van der Waals surface area (Å²) >= 11 is 2.13. The van der Waals surface area contributed by atoms with Gasteiger partial charge in [-0.2, -0.15) is 26.3 Å². The number of benzene rings is 1. The molecule has 30 heavy (non-hydrogen) atoms. The molecule has 0 fully saturated rings. The maximum atomic E-state index is 13.1. The van der Waals surface area contributed by atoms with Crippen molar-refractivity contribution >= 4 is 23.1 Å². The van der Waals surface area contributed by atoms with Crippen molar-refractivity contribution in [3.63, 3.8) is 0 Å². The van der Waals surface area contributed by atoms with E-state index >= 15 is 0 Å². The van der Waals surface area contributed by atoms with E-state index in [-0.39, 0.29) is 17.3 Å². The molecule has 162 valence electrons. The van der Waals surface area contributed by atoms with E-state index in [1.54, 1.807) is 7.11 Å². The molecule has 0 amide bonds. The molecule has 0 unspecified atom stereocenters. The van der Waals surface area contributed by atoms with Crippen LogP contribution in [0, 0.1) is 0 Å². The number of hydrogen-bond acceptors (Lipinski definition) is 7. The number of methoxy groups -OCH3 is 1. The van der Waals surface area contributed by atoms with E-state index in [2.05, 4.69) is 20.5 Å². The second-order valence-corrected chi connectivity index (χ2v) is 8.00. The molecule has 0 saturated carbocycles. The first-order chi connectivity index (χ1) is 14.1. The molecule has 2 heterocycles. The van der Waals surface area contributed by atoms with Crippen molar-refractivity contribution in [3.8, 4) is 11.3 Å². The van der Waals surface area contributed by atoms with Crippen LogP contribution in [0.15, 0.2) is 33.1 Å². The zero-order valence-corrected chi connectivity index (χ0v) is 16.8. The minimum absolute atomic E-state index is 0.00231. The molecular weight excluding hydrogens is 456 g/mol. The van der Waals surface area contributed by atoms with Gasteiger partial charge in [-0.15, -0.1) is 16.4 Å². The molecule has 0 aliphatic rings. The standard InChI is InChI=1S/C16H13F6N5OS2/c1-28-4-2-3-27-13(24-25-26-27)30-14-23-12(8-29-14)9-5-10(15(17,18)19)7-11(6-9)16(20,21)22/h5-8H,2-4H2,1H3. The number of rotatable bonds is 7. The first-order valence-corrected chi connectivity index (χ1v) is 9.96. The van der Waals surface area contributed by atoms with Crippen LogP contribution >= 0.6 is 23.1 Å². The lowest BCUT2D eigenvalue weighted by molar-refractivity contribution is -0.143. The third kappa shape index (κ3) is 5.49. The van der Waals surface area contributed by atoms with Crippen LogP contribution in [0.3, 0.4) is 0 Å². The smallest absolute Gasteiger partial charge is 0.385 e. The minimum atomic E-state index is -4.92. The van der Waals surface area contributed by atoms with Crippen LogP contribution in [0.5, 0.6) is 0 Å². The summed E-state index contributed by atoms with van der Waals surface area (Å²) in [7, 11) is 1.56. The van der Waals surface area contributed by atoms with Crippen LogP contribution < -0.4 is 0 Å². The Labute approximate surface area is 174 Å². The summed E-state index contributed by atoms with van der Waals surface area (Å²) in [5.41, 5.74) is -3.06. The second-order valence-electron chi connectivity index (χ2n) is 5.93. The molecule has 0 aliphatic carbocycles. The van der Waals surface area contributed by atoms with E-state index in [1.165, 1.54) is 10.1 Å². The summed E-state index contributed by atoms with van der Waals surface area (Å²) in [6.07, 6.45) is -9.19. The average molecular weight is 469 g/mol. The molecule has 2 aromatic heterocycles. The first-order valence-electron chi connectivity index (χ1n) is 8.26. The van der Waals surface area contributed by atoms with Gasteiger partial charge in [0.15, 0.2) is 4.34 Å². The van der Waals surface area contributed by atoms with Crippen LogP contribution in [-0.4, -0.2) is 38.9 Å². The van der Waals surface area contributed by atoms with Crippen LogP contribution in [-0.2, 0) is 23.6 Å². The highest BCUT2D eigenvalue weighted by Gasteiger charge is 2.37. The fourth-order valence-electron chi connectivity index (χ4n) is 2.39. The molecule has 0 atom stereocenters. The molecule has 0 aliphatic heterocycles. The molecule has 0 saturated heterocycles. The minimum Gasteiger partial charge on any atom is -0.385 e. The Morgan fingerprint density at radius 3 is 2.33 bits per heavy atom. The van der Waals surface area contributed by atoms with Crippen molar-refractivity contribution in [2.24, 2.45) is 0 Å². The van der Waals surface area contributed by atoms with Crippen LogP contribution in [0.1, 0.15) is 17.5 Å². The molecule has 0 radical (unpaired) electrons. The van der Waals surface area contributed by atoms with Crippen molar-refractivity contribution in [2.45, 2.75) is 34.8 Å². The van der Waals surface area contributed by atoms with Crippen molar-refractivity contribution in [2.75, 3.05) is 13.7 Å². The van der Waals surface area contributed by atoms with Gasteiger partial charge in [0.25, 0.3) is 0 Å². The lowest BCUT2D eigenvalue weighted by Gasteiger charge is -2.13. The number of aromatic nitrogens is 5. The van der Waals surface area contributed by atoms with Gasteiger partial charge in [-0.25, -0.2) is 9.67 Å². The number of nitrogens with zero attached hydrogens (tertiary/aromatic N) is 5. The SMILES string of the molecule is COCCCn1nnnc1Sc1nc(-c2cc(C(F)(F)F)cc(C(F)(F)F)c2)cs1. The summed E-state index contributed by atoms with van der Waals surface area (Å²) in [6, 6.07) is 1.38. The Bertz CT molecular complexity index is 968. The Morgan fingerprint density at radius 2 is 1.73 bits per heavy atom. The zero-order chi connectivity index (χ0) is 21.9. The predicted octanol–water partition coefficient (Wildman–Crippen LogP) is 5.02. The largest absolute Gasteiger partial charge is 0.416 e. The van der Waals surface area contributed by atoms with E-state index in [1.807, 2.05) is 0 Å². The van der Waals surface area contributed by atoms with Gasteiger partial charge in [-0.3, -0.25) is 0 Å². The van der Waals surface area contributed by atoms with E-state index in [0.717, 1.165) is 23.1 Å². The fourth-order valence-corrected chi connectivity index (χ4v) is 4.11. The van der Waals surface area contributed by atoms with Gasteiger partial charge >= 0.3 is 12.4 Å². The van der Waals surface area contributed by atoms with Gasteiger partial charge < -0.3 is 4.74 Å². The van der Waals surface area contributed by atoms with E-state index in [4.69, 9.17) is 4.74 Å².